The minimum absolute atomic E-state index is 0.264. The first-order chi connectivity index (χ1) is 5.24. The van der Waals surface area contributed by atoms with Crippen molar-refractivity contribution < 1.29 is 10.2 Å². The molecule has 1 aliphatic carbocycles. The maximum absolute atomic E-state index is 9.16. The van der Waals surface area contributed by atoms with E-state index >= 15 is 0 Å². The highest BCUT2D eigenvalue weighted by atomic mass is 16.3. The monoisotopic (exact) mass is 158 g/mol. The van der Waals surface area contributed by atoms with Crippen LogP contribution in [0, 0.1) is 6.54 Å². The van der Waals surface area contributed by atoms with E-state index in [0.29, 0.717) is 12.8 Å². The first-order valence-electron chi connectivity index (χ1n) is 4.18. The Morgan fingerprint density at radius 1 is 1.36 bits per heavy atom. The van der Waals surface area contributed by atoms with Crippen molar-refractivity contribution in [1.82, 2.24) is 5.32 Å². The second-order valence-corrected chi connectivity index (χ2v) is 3.08. The molecule has 3 N–H and O–H groups in total. The molecule has 1 fully saturated rings. The first-order valence-corrected chi connectivity index (χ1v) is 4.18. The lowest BCUT2D eigenvalue weighted by molar-refractivity contribution is 0.0438. The molecule has 0 aromatic carbocycles. The number of nitrogens with one attached hydrogen (secondary N) is 1. The quantitative estimate of drug-likeness (QED) is 0.543. The van der Waals surface area contributed by atoms with E-state index in [2.05, 4.69) is 12.2 Å². The van der Waals surface area contributed by atoms with Crippen molar-refractivity contribution in [3.05, 3.63) is 6.54 Å². The first kappa shape index (κ1) is 8.97. The summed E-state index contributed by atoms with van der Waals surface area (Å²) in [5.74, 6) is 0. The Balaban J connectivity index is 2.18. The van der Waals surface area contributed by atoms with Crippen LogP contribution >= 0.6 is 0 Å². The van der Waals surface area contributed by atoms with Gasteiger partial charge >= 0.3 is 0 Å². The fourth-order valence-corrected chi connectivity index (χ4v) is 1.41. The highest BCUT2D eigenvalue weighted by Crippen LogP contribution is 2.19. The zero-order valence-electron chi connectivity index (χ0n) is 6.83. The fourth-order valence-electron chi connectivity index (χ4n) is 1.41. The summed E-state index contributed by atoms with van der Waals surface area (Å²) < 4.78 is 0. The lowest BCUT2D eigenvalue weighted by Crippen LogP contribution is -2.24. The van der Waals surface area contributed by atoms with Gasteiger partial charge in [0.25, 0.3) is 0 Å². The Kier molecular flexibility index (Phi) is 3.30. The van der Waals surface area contributed by atoms with Gasteiger partial charge in [0.15, 0.2) is 0 Å². The SMILES string of the molecule is CC[CH]N[C@@H]1C[C@@H](O)[C@@H](O)C1. The average molecular weight is 158 g/mol. The molecule has 3 nitrogen and oxygen atoms in total. The fraction of sp³-hybridized carbons (Fsp3) is 0.875. The van der Waals surface area contributed by atoms with E-state index in [1.165, 1.54) is 0 Å². The van der Waals surface area contributed by atoms with Crippen LogP contribution in [0.1, 0.15) is 26.2 Å². The number of hydrogen-bond donors (Lipinski definition) is 3. The minimum atomic E-state index is -0.530. The van der Waals surface area contributed by atoms with Crippen LogP contribution in [-0.4, -0.2) is 28.5 Å². The molecule has 65 valence electrons. The highest BCUT2D eigenvalue weighted by molar-refractivity contribution is 4.88. The topological polar surface area (TPSA) is 52.5 Å². The molecule has 0 unspecified atom stereocenters. The van der Waals surface area contributed by atoms with E-state index in [9.17, 15) is 0 Å². The summed E-state index contributed by atoms with van der Waals surface area (Å²) in [5.41, 5.74) is 0. The van der Waals surface area contributed by atoms with Crippen LogP contribution in [0.3, 0.4) is 0 Å². The van der Waals surface area contributed by atoms with Gasteiger partial charge in [0.05, 0.1) is 12.2 Å². The lowest BCUT2D eigenvalue weighted by Gasteiger charge is -2.09. The third-order valence-electron chi connectivity index (χ3n) is 2.05. The van der Waals surface area contributed by atoms with E-state index in [-0.39, 0.29) is 6.04 Å². The molecule has 3 heteroatoms. The summed E-state index contributed by atoms with van der Waals surface area (Å²) in [5, 5.41) is 21.5. The minimum Gasteiger partial charge on any atom is -0.390 e. The maximum atomic E-state index is 9.16. The molecule has 3 atom stereocenters. The Labute approximate surface area is 67.4 Å². The smallest absolute Gasteiger partial charge is 0.0814 e. The Morgan fingerprint density at radius 2 is 1.91 bits per heavy atom. The van der Waals surface area contributed by atoms with Gasteiger partial charge in [-0.3, -0.25) is 0 Å². The van der Waals surface area contributed by atoms with Gasteiger partial charge in [-0.1, -0.05) is 6.92 Å². The Morgan fingerprint density at radius 3 is 2.36 bits per heavy atom. The summed E-state index contributed by atoms with van der Waals surface area (Å²) in [7, 11) is 0. The number of rotatable bonds is 3. The van der Waals surface area contributed by atoms with Crippen molar-refractivity contribution in [3.8, 4) is 0 Å². The van der Waals surface area contributed by atoms with Gasteiger partial charge in [-0.05, 0) is 19.3 Å². The van der Waals surface area contributed by atoms with Crippen molar-refractivity contribution in [2.75, 3.05) is 0 Å². The van der Waals surface area contributed by atoms with E-state index in [1.807, 2.05) is 6.54 Å². The predicted molar refractivity (Wildman–Crippen MR) is 42.8 cm³/mol. The Bertz CT molecular complexity index is 109. The number of hydrogen-bond acceptors (Lipinski definition) is 3. The Hall–Kier alpha value is -0.120. The molecule has 1 saturated carbocycles. The van der Waals surface area contributed by atoms with Gasteiger partial charge in [-0.25, -0.2) is 0 Å². The van der Waals surface area contributed by atoms with Gasteiger partial charge in [-0.15, -0.1) is 0 Å². The molecule has 0 amide bonds. The average Bonchev–Trinajstić information content (AvgIpc) is 2.28. The van der Waals surface area contributed by atoms with Crippen LogP contribution < -0.4 is 5.32 Å². The molecule has 0 bridgehead atoms. The van der Waals surface area contributed by atoms with Gasteiger partial charge in [-0.2, -0.15) is 0 Å². The van der Waals surface area contributed by atoms with Crippen molar-refractivity contribution in [1.29, 1.82) is 0 Å². The van der Waals surface area contributed by atoms with E-state index in [1.54, 1.807) is 0 Å². The number of aliphatic hydroxyl groups is 2. The lowest BCUT2D eigenvalue weighted by atomic mass is 10.2. The van der Waals surface area contributed by atoms with Crippen LogP contribution in [0.15, 0.2) is 0 Å². The van der Waals surface area contributed by atoms with Crippen molar-refractivity contribution in [2.24, 2.45) is 0 Å². The van der Waals surface area contributed by atoms with Crippen molar-refractivity contribution >= 4 is 0 Å². The molecule has 1 aliphatic rings. The maximum Gasteiger partial charge on any atom is 0.0814 e. The van der Waals surface area contributed by atoms with Crippen LogP contribution in [0.25, 0.3) is 0 Å². The normalized spacial score (nSPS) is 37.9. The van der Waals surface area contributed by atoms with E-state index in [0.717, 1.165) is 6.42 Å². The molecule has 1 radical (unpaired) electrons. The van der Waals surface area contributed by atoms with Crippen LogP contribution in [0.2, 0.25) is 0 Å². The molecular formula is C8H16NO2. The molecule has 0 saturated heterocycles. The van der Waals surface area contributed by atoms with Gasteiger partial charge < -0.3 is 15.5 Å². The van der Waals surface area contributed by atoms with Crippen molar-refractivity contribution in [3.63, 3.8) is 0 Å². The van der Waals surface area contributed by atoms with E-state index in [4.69, 9.17) is 10.2 Å². The van der Waals surface area contributed by atoms with Crippen LogP contribution in [0.5, 0.6) is 0 Å². The molecule has 0 heterocycles. The second-order valence-electron chi connectivity index (χ2n) is 3.08. The standard InChI is InChI=1S/C8H16NO2/c1-2-3-9-6-4-7(10)8(11)5-6/h3,6-11H,2,4-5H2,1H3/t6-,7-,8+. The van der Waals surface area contributed by atoms with Gasteiger partial charge in [0.2, 0.25) is 0 Å². The molecule has 0 aromatic rings. The predicted octanol–water partition coefficient (Wildman–Crippen LogP) is 0.0320. The summed E-state index contributed by atoms with van der Waals surface area (Å²) in [4.78, 5) is 0. The number of aliphatic hydroxyl groups excluding tert-OH is 2. The molecule has 0 aliphatic heterocycles. The van der Waals surface area contributed by atoms with Gasteiger partial charge in [0, 0.05) is 12.6 Å². The third kappa shape index (κ3) is 2.43. The second kappa shape index (κ2) is 4.04. The summed E-state index contributed by atoms with van der Waals surface area (Å²) >= 11 is 0. The molecule has 11 heavy (non-hydrogen) atoms. The third-order valence-corrected chi connectivity index (χ3v) is 2.05. The summed E-state index contributed by atoms with van der Waals surface area (Å²) in [6, 6.07) is 0.264. The molecule has 0 aromatic heterocycles. The zero-order valence-corrected chi connectivity index (χ0v) is 6.83. The molecule has 1 rings (SSSR count). The van der Waals surface area contributed by atoms with E-state index < -0.39 is 12.2 Å². The summed E-state index contributed by atoms with van der Waals surface area (Å²) in [6.07, 6.45) is 1.24. The summed E-state index contributed by atoms with van der Waals surface area (Å²) in [6.45, 7) is 4.02. The van der Waals surface area contributed by atoms with Crippen LogP contribution in [0.4, 0.5) is 0 Å². The van der Waals surface area contributed by atoms with Crippen molar-refractivity contribution in [2.45, 2.75) is 44.4 Å². The van der Waals surface area contributed by atoms with Crippen LogP contribution in [-0.2, 0) is 0 Å². The zero-order chi connectivity index (χ0) is 8.27. The van der Waals surface area contributed by atoms with Gasteiger partial charge in [0.1, 0.15) is 0 Å². The molecule has 0 spiro atoms. The highest BCUT2D eigenvalue weighted by Gasteiger charge is 2.30. The largest absolute Gasteiger partial charge is 0.390 e. The molecular weight excluding hydrogens is 142 g/mol.